The van der Waals surface area contributed by atoms with E-state index >= 15 is 0 Å². The number of morpholine rings is 1. The zero-order chi connectivity index (χ0) is 12.2. The fourth-order valence-electron chi connectivity index (χ4n) is 2.82. The van der Waals surface area contributed by atoms with Crippen LogP contribution in [0.25, 0.3) is 0 Å². The molecule has 0 spiro atoms. The Morgan fingerprint density at radius 3 is 3.17 bits per heavy atom. The van der Waals surface area contributed by atoms with E-state index in [4.69, 9.17) is 4.74 Å². The van der Waals surface area contributed by atoms with E-state index in [0.29, 0.717) is 6.10 Å². The summed E-state index contributed by atoms with van der Waals surface area (Å²) in [5, 5.41) is 6.85. The minimum atomic E-state index is 0.396. The summed E-state index contributed by atoms with van der Waals surface area (Å²) in [6.45, 7) is 3.99. The van der Waals surface area contributed by atoms with Gasteiger partial charge in [0, 0.05) is 25.3 Å². The SMILES string of the molecule is c1cc2c(cc1CCC1CNCCO1)CCCN2. The summed E-state index contributed by atoms with van der Waals surface area (Å²) < 4.78 is 5.74. The van der Waals surface area contributed by atoms with E-state index in [1.54, 1.807) is 0 Å². The molecule has 0 aliphatic carbocycles. The van der Waals surface area contributed by atoms with Crippen molar-refractivity contribution in [1.82, 2.24) is 5.32 Å². The molecule has 2 aliphatic rings. The van der Waals surface area contributed by atoms with Crippen molar-refractivity contribution in [3.05, 3.63) is 29.3 Å². The Kier molecular flexibility index (Phi) is 3.81. The van der Waals surface area contributed by atoms with E-state index in [1.807, 2.05) is 0 Å². The maximum atomic E-state index is 5.74. The van der Waals surface area contributed by atoms with Crippen molar-refractivity contribution in [3.63, 3.8) is 0 Å². The van der Waals surface area contributed by atoms with Crippen molar-refractivity contribution in [3.8, 4) is 0 Å². The Morgan fingerprint density at radius 2 is 2.28 bits per heavy atom. The first kappa shape index (κ1) is 12.0. The number of benzene rings is 1. The molecule has 3 nitrogen and oxygen atoms in total. The third-order valence-electron chi connectivity index (χ3n) is 3.87. The number of hydrogen-bond acceptors (Lipinski definition) is 3. The maximum Gasteiger partial charge on any atom is 0.0703 e. The van der Waals surface area contributed by atoms with E-state index < -0.39 is 0 Å². The summed E-state index contributed by atoms with van der Waals surface area (Å²) in [7, 11) is 0. The zero-order valence-corrected chi connectivity index (χ0v) is 10.9. The van der Waals surface area contributed by atoms with E-state index in [-0.39, 0.29) is 0 Å². The van der Waals surface area contributed by atoms with E-state index in [2.05, 4.69) is 28.8 Å². The predicted molar refractivity (Wildman–Crippen MR) is 74.2 cm³/mol. The maximum absolute atomic E-state index is 5.74. The van der Waals surface area contributed by atoms with Gasteiger partial charge in [-0.1, -0.05) is 12.1 Å². The lowest BCUT2D eigenvalue weighted by atomic mass is 9.98. The van der Waals surface area contributed by atoms with Crippen molar-refractivity contribution < 1.29 is 4.74 Å². The van der Waals surface area contributed by atoms with Gasteiger partial charge in [0.25, 0.3) is 0 Å². The van der Waals surface area contributed by atoms with Gasteiger partial charge in [0.2, 0.25) is 0 Å². The molecule has 0 aromatic heterocycles. The number of fused-ring (bicyclic) bond motifs is 1. The van der Waals surface area contributed by atoms with E-state index in [1.165, 1.54) is 29.7 Å². The second kappa shape index (κ2) is 5.72. The molecule has 1 saturated heterocycles. The third-order valence-corrected chi connectivity index (χ3v) is 3.87. The first-order chi connectivity index (χ1) is 8.92. The molecule has 1 aromatic rings. The summed E-state index contributed by atoms with van der Waals surface area (Å²) in [4.78, 5) is 0. The average molecular weight is 246 g/mol. The molecular weight excluding hydrogens is 224 g/mol. The van der Waals surface area contributed by atoms with E-state index in [0.717, 1.165) is 39.1 Å². The van der Waals surface area contributed by atoms with Crippen LogP contribution in [0.4, 0.5) is 5.69 Å². The van der Waals surface area contributed by atoms with Crippen LogP contribution in [0, 0.1) is 0 Å². The van der Waals surface area contributed by atoms with E-state index in [9.17, 15) is 0 Å². The lowest BCUT2D eigenvalue weighted by Gasteiger charge is -2.24. The van der Waals surface area contributed by atoms with Crippen molar-refractivity contribution in [2.75, 3.05) is 31.6 Å². The fourth-order valence-corrected chi connectivity index (χ4v) is 2.82. The molecule has 2 heterocycles. The van der Waals surface area contributed by atoms with Gasteiger partial charge in [-0.25, -0.2) is 0 Å². The van der Waals surface area contributed by atoms with Crippen LogP contribution in [-0.4, -0.2) is 32.3 Å². The van der Waals surface area contributed by atoms with Crippen LogP contribution in [0.1, 0.15) is 24.0 Å². The second-order valence-electron chi connectivity index (χ2n) is 5.26. The van der Waals surface area contributed by atoms with Gasteiger partial charge in [0.1, 0.15) is 0 Å². The molecular formula is C15H22N2O. The quantitative estimate of drug-likeness (QED) is 0.855. The molecule has 98 valence electrons. The highest BCUT2D eigenvalue weighted by atomic mass is 16.5. The average Bonchev–Trinajstić information content (AvgIpc) is 2.46. The number of rotatable bonds is 3. The topological polar surface area (TPSA) is 33.3 Å². The molecule has 2 aliphatic heterocycles. The second-order valence-corrected chi connectivity index (χ2v) is 5.26. The largest absolute Gasteiger partial charge is 0.385 e. The lowest BCUT2D eigenvalue weighted by molar-refractivity contribution is 0.0238. The number of anilines is 1. The molecule has 3 heteroatoms. The highest BCUT2D eigenvalue weighted by Gasteiger charge is 2.14. The van der Waals surface area contributed by atoms with Gasteiger partial charge in [-0.05, 0) is 42.9 Å². The highest BCUT2D eigenvalue weighted by molar-refractivity contribution is 5.54. The van der Waals surface area contributed by atoms with Crippen LogP contribution in [0.15, 0.2) is 18.2 Å². The number of ether oxygens (including phenoxy) is 1. The van der Waals surface area contributed by atoms with Crippen molar-refractivity contribution in [2.24, 2.45) is 0 Å². The van der Waals surface area contributed by atoms with Gasteiger partial charge in [-0.2, -0.15) is 0 Å². The standard InChI is InChI=1S/C15H22N2O/c1-2-13-10-12(4-6-15(13)17-7-1)3-5-14-11-16-8-9-18-14/h4,6,10,14,16-17H,1-3,5,7-9,11H2. The van der Waals surface area contributed by atoms with Crippen molar-refractivity contribution in [1.29, 1.82) is 0 Å². The molecule has 3 rings (SSSR count). The molecule has 2 N–H and O–H groups in total. The smallest absolute Gasteiger partial charge is 0.0703 e. The minimum Gasteiger partial charge on any atom is -0.385 e. The summed E-state index contributed by atoms with van der Waals surface area (Å²) in [6.07, 6.45) is 5.12. The molecule has 0 bridgehead atoms. The van der Waals surface area contributed by atoms with Crippen LogP contribution < -0.4 is 10.6 Å². The number of hydrogen-bond donors (Lipinski definition) is 2. The lowest BCUT2D eigenvalue weighted by Crippen LogP contribution is -2.38. The van der Waals surface area contributed by atoms with Crippen LogP contribution in [0.3, 0.4) is 0 Å². The molecule has 0 radical (unpaired) electrons. The first-order valence-electron chi connectivity index (χ1n) is 7.10. The number of nitrogens with one attached hydrogen (secondary N) is 2. The normalized spacial score (nSPS) is 23.2. The molecule has 18 heavy (non-hydrogen) atoms. The van der Waals surface area contributed by atoms with Gasteiger partial charge in [-0.3, -0.25) is 0 Å². The van der Waals surface area contributed by atoms with Gasteiger partial charge in [0.15, 0.2) is 0 Å². The van der Waals surface area contributed by atoms with Crippen LogP contribution in [-0.2, 0) is 17.6 Å². The van der Waals surface area contributed by atoms with Gasteiger partial charge in [-0.15, -0.1) is 0 Å². The van der Waals surface area contributed by atoms with Crippen LogP contribution in [0.5, 0.6) is 0 Å². The van der Waals surface area contributed by atoms with Crippen molar-refractivity contribution in [2.45, 2.75) is 31.8 Å². The van der Waals surface area contributed by atoms with Crippen LogP contribution in [0.2, 0.25) is 0 Å². The van der Waals surface area contributed by atoms with Crippen LogP contribution >= 0.6 is 0 Å². The minimum absolute atomic E-state index is 0.396. The zero-order valence-electron chi connectivity index (χ0n) is 10.9. The molecule has 1 aromatic carbocycles. The molecule has 1 atom stereocenters. The highest BCUT2D eigenvalue weighted by Crippen LogP contribution is 2.23. The summed E-state index contributed by atoms with van der Waals surface area (Å²) in [5.41, 5.74) is 4.27. The summed E-state index contributed by atoms with van der Waals surface area (Å²) >= 11 is 0. The number of aryl methyl sites for hydroxylation is 2. The Bertz CT molecular complexity index is 399. The molecule has 0 amide bonds. The monoisotopic (exact) mass is 246 g/mol. The predicted octanol–water partition coefficient (Wildman–Crippen LogP) is 1.97. The molecule has 1 fully saturated rings. The first-order valence-corrected chi connectivity index (χ1v) is 7.10. The Labute approximate surface area is 109 Å². The summed E-state index contributed by atoms with van der Waals surface area (Å²) in [5.74, 6) is 0. The molecule has 0 saturated carbocycles. The molecule has 1 unspecified atom stereocenters. The Balaban J connectivity index is 1.58. The fraction of sp³-hybridized carbons (Fsp3) is 0.600. The van der Waals surface area contributed by atoms with Crippen molar-refractivity contribution >= 4 is 5.69 Å². The third kappa shape index (κ3) is 2.85. The summed E-state index contributed by atoms with van der Waals surface area (Å²) in [6, 6.07) is 6.87. The van der Waals surface area contributed by atoms with Gasteiger partial charge >= 0.3 is 0 Å². The van der Waals surface area contributed by atoms with Gasteiger partial charge in [0.05, 0.1) is 12.7 Å². The Morgan fingerprint density at radius 1 is 1.28 bits per heavy atom. The van der Waals surface area contributed by atoms with Gasteiger partial charge < -0.3 is 15.4 Å². The Hall–Kier alpha value is -1.06.